The van der Waals surface area contributed by atoms with E-state index in [1.807, 2.05) is 13.8 Å². The molecule has 3 aliphatic carbocycles. The molecule has 0 aliphatic heterocycles. The summed E-state index contributed by atoms with van der Waals surface area (Å²) in [7, 11) is 0. The van der Waals surface area contributed by atoms with Crippen LogP contribution >= 0.6 is 0 Å². The minimum atomic E-state index is -0.615. The van der Waals surface area contributed by atoms with Crippen molar-refractivity contribution in [1.82, 2.24) is 0 Å². The number of allylic oxidation sites excluding steroid dienone is 3. The summed E-state index contributed by atoms with van der Waals surface area (Å²) in [6.07, 6.45) is 13.9. The van der Waals surface area contributed by atoms with Gasteiger partial charge in [0.1, 0.15) is 0 Å². The van der Waals surface area contributed by atoms with Gasteiger partial charge in [-0.05, 0) is 93.1 Å². The molecular weight excluding hydrogens is 372 g/mol. The van der Waals surface area contributed by atoms with E-state index in [4.69, 9.17) is 0 Å². The maximum absolute atomic E-state index is 10.1. The maximum Gasteiger partial charge on any atom is 0.0811 e. The zero-order chi connectivity index (χ0) is 22.1. The second-order valence-corrected chi connectivity index (χ2v) is 11.3. The van der Waals surface area contributed by atoms with Crippen LogP contribution in [0.25, 0.3) is 0 Å². The molecule has 0 heterocycles. The average Bonchev–Trinajstić information content (AvgIpc) is 3.00. The van der Waals surface area contributed by atoms with E-state index in [9.17, 15) is 15.3 Å². The molecule has 0 bridgehead atoms. The summed E-state index contributed by atoms with van der Waals surface area (Å²) in [6, 6.07) is 0. The third-order valence-electron chi connectivity index (χ3n) is 8.44. The van der Waals surface area contributed by atoms with Crippen molar-refractivity contribution in [3.63, 3.8) is 0 Å². The lowest BCUT2D eigenvalue weighted by Crippen LogP contribution is -2.36. The highest BCUT2D eigenvalue weighted by molar-refractivity contribution is 5.38. The van der Waals surface area contributed by atoms with Crippen LogP contribution in [0.1, 0.15) is 91.9 Å². The zero-order valence-electron chi connectivity index (χ0n) is 19.7. The molecule has 0 aromatic carbocycles. The van der Waals surface area contributed by atoms with Crippen molar-refractivity contribution in [2.75, 3.05) is 0 Å². The standard InChI is InChI=1S/C27H44O3/c1-18(8-6-14-26(3,4)30)23-12-13-24-20(9-7-15-27(23,24)5)10-11-21-16-22(28)17-25(29)19(21)2/h10-11,18,22-25,28-30H,2,6-9,12-17H2,1,3-5H3/b20-10+,21-11+/t18-,22+,23-,24+,25+,27-/m1/s1. The molecule has 0 aromatic heterocycles. The SMILES string of the molecule is C=C1/C(=C/C=C2\CCC[C@]3(C)[C@@H]([C@H](C)CCCC(C)(C)O)CC[C@@H]23)C[C@H](O)C[C@@H]1O. The summed E-state index contributed by atoms with van der Waals surface area (Å²) in [4.78, 5) is 0. The van der Waals surface area contributed by atoms with Crippen LogP contribution in [0, 0.1) is 23.2 Å². The summed E-state index contributed by atoms with van der Waals surface area (Å²) in [5.74, 6) is 2.11. The van der Waals surface area contributed by atoms with Gasteiger partial charge in [-0.25, -0.2) is 0 Å². The van der Waals surface area contributed by atoms with Gasteiger partial charge in [-0.15, -0.1) is 0 Å². The van der Waals surface area contributed by atoms with Gasteiger partial charge in [-0.3, -0.25) is 0 Å². The molecule has 3 fully saturated rings. The predicted molar refractivity (Wildman–Crippen MR) is 124 cm³/mol. The maximum atomic E-state index is 10.1. The van der Waals surface area contributed by atoms with Gasteiger partial charge in [-0.1, -0.05) is 51.0 Å². The molecule has 30 heavy (non-hydrogen) atoms. The van der Waals surface area contributed by atoms with Crippen LogP contribution in [-0.2, 0) is 0 Å². The normalized spacial score (nSPS) is 38.8. The first kappa shape index (κ1) is 23.8. The van der Waals surface area contributed by atoms with E-state index in [0.717, 1.165) is 29.9 Å². The highest BCUT2D eigenvalue weighted by atomic mass is 16.3. The van der Waals surface area contributed by atoms with Crippen LogP contribution in [0.2, 0.25) is 0 Å². The predicted octanol–water partition coefficient (Wildman–Crippen LogP) is 5.70. The molecule has 3 rings (SSSR count). The topological polar surface area (TPSA) is 60.7 Å². The minimum Gasteiger partial charge on any atom is -0.393 e. The van der Waals surface area contributed by atoms with Crippen molar-refractivity contribution in [2.45, 2.75) is 110 Å². The summed E-state index contributed by atoms with van der Waals surface area (Å²) < 4.78 is 0. The Kier molecular flexibility index (Phi) is 7.37. The van der Waals surface area contributed by atoms with Crippen molar-refractivity contribution in [2.24, 2.45) is 23.2 Å². The molecule has 0 unspecified atom stereocenters. The molecule has 3 aliphatic rings. The third-order valence-corrected chi connectivity index (χ3v) is 8.44. The monoisotopic (exact) mass is 416 g/mol. The van der Waals surface area contributed by atoms with E-state index in [1.165, 1.54) is 38.5 Å². The molecule has 0 spiro atoms. The fourth-order valence-corrected chi connectivity index (χ4v) is 6.74. The lowest BCUT2D eigenvalue weighted by Gasteiger charge is -2.44. The van der Waals surface area contributed by atoms with Crippen LogP contribution in [-0.4, -0.2) is 33.1 Å². The van der Waals surface area contributed by atoms with Gasteiger partial charge in [0.25, 0.3) is 0 Å². The van der Waals surface area contributed by atoms with Crippen molar-refractivity contribution >= 4 is 0 Å². The molecule has 3 nitrogen and oxygen atoms in total. The molecule has 3 saturated carbocycles. The molecule has 0 amide bonds. The number of aliphatic hydroxyl groups excluding tert-OH is 2. The largest absolute Gasteiger partial charge is 0.393 e. The quantitative estimate of drug-likeness (QED) is 0.520. The second-order valence-electron chi connectivity index (χ2n) is 11.3. The smallest absolute Gasteiger partial charge is 0.0811 e. The Labute approximate surface area is 184 Å². The van der Waals surface area contributed by atoms with Crippen LogP contribution in [0.3, 0.4) is 0 Å². The highest BCUT2D eigenvalue weighted by Crippen LogP contribution is 2.60. The van der Waals surface area contributed by atoms with Gasteiger partial charge < -0.3 is 15.3 Å². The molecule has 3 N–H and O–H groups in total. The first-order valence-electron chi connectivity index (χ1n) is 12.2. The number of aliphatic hydroxyl groups is 3. The average molecular weight is 417 g/mol. The van der Waals surface area contributed by atoms with Crippen LogP contribution < -0.4 is 0 Å². The van der Waals surface area contributed by atoms with Crippen LogP contribution in [0.15, 0.2) is 35.5 Å². The Morgan fingerprint density at radius 2 is 1.97 bits per heavy atom. The molecular formula is C27H44O3. The lowest BCUT2D eigenvalue weighted by atomic mass is 9.60. The Hall–Kier alpha value is -0.900. The highest BCUT2D eigenvalue weighted by Gasteiger charge is 2.50. The Morgan fingerprint density at radius 1 is 1.23 bits per heavy atom. The van der Waals surface area contributed by atoms with Gasteiger partial charge in [0.15, 0.2) is 0 Å². The van der Waals surface area contributed by atoms with Crippen molar-refractivity contribution in [3.8, 4) is 0 Å². The van der Waals surface area contributed by atoms with E-state index in [-0.39, 0.29) is 0 Å². The summed E-state index contributed by atoms with van der Waals surface area (Å²) in [6.45, 7) is 12.8. The number of rotatable bonds is 6. The summed E-state index contributed by atoms with van der Waals surface area (Å²) in [5.41, 5.74) is 3.17. The van der Waals surface area contributed by atoms with Gasteiger partial charge >= 0.3 is 0 Å². The van der Waals surface area contributed by atoms with E-state index in [2.05, 4.69) is 32.6 Å². The van der Waals surface area contributed by atoms with Gasteiger partial charge in [0.2, 0.25) is 0 Å². The number of hydrogen-bond donors (Lipinski definition) is 3. The fraction of sp³-hybridized carbons (Fsp3) is 0.778. The van der Waals surface area contributed by atoms with E-state index < -0.39 is 17.8 Å². The lowest BCUT2D eigenvalue weighted by molar-refractivity contribution is 0.0596. The third kappa shape index (κ3) is 5.29. The van der Waals surface area contributed by atoms with E-state index >= 15 is 0 Å². The first-order valence-corrected chi connectivity index (χ1v) is 12.2. The van der Waals surface area contributed by atoms with Crippen molar-refractivity contribution < 1.29 is 15.3 Å². The van der Waals surface area contributed by atoms with Crippen molar-refractivity contribution in [1.29, 1.82) is 0 Å². The fourth-order valence-electron chi connectivity index (χ4n) is 6.74. The summed E-state index contributed by atoms with van der Waals surface area (Å²) >= 11 is 0. The molecule has 6 atom stereocenters. The molecule has 0 radical (unpaired) electrons. The van der Waals surface area contributed by atoms with E-state index in [1.54, 1.807) is 5.57 Å². The Bertz CT molecular complexity index is 683. The molecule has 0 saturated heterocycles. The van der Waals surface area contributed by atoms with Crippen LogP contribution in [0.5, 0.6) is 0 Å². The zero-order valence-corrected chi connectivity index (χ0v) is 19.7. The first-order chi connectivity index (χ1) is 14.0. The minimum absolute atomic E-state index is 0.374. The number of hydrogen-bond acceptors (Lipinski definition) is 3. The van der Waals surface area contributed by atoms with Gasteiger partial charge in [0, 0.05) is 6.42 Å². The Balaban J connectivity index is 1.70. The molecule has 0 aromatic rings. The molecule has 3 heteroatoms. The van der Waals surface area contributed by atoms with Crippen LogP contribution in [0.4, 0.5) is 0 Å². The summed E-state index contributed by atoms with van der Waals surface area (Å²) in [5, 5.41) is 30.2. The van der Waals surface area contributed by atoms with Crippen molar-refractivity contribution in [3.05, 3.63) is 35.5 Å². The molecule has 170 valence electrons. The Morgan fingerprint density at radius 3 is 2.67 bits per heavy atom. The van der Waals surface area contributed by atoms with E-state index in [0.29, 0.717) is 30.1 Å². The van der Waals surface area contributed by atoms with Gasteiger partial charge in [-0.2, -0.15) is 0 Å². The number of fused-ring (bicyclic) bond motifs is 1. The van der Waals surface area contributed by atoms with Gasteiger partial charge in [0.05, 0.1) is 17.8 Å². The second kappa shape index (κ2) is 9.30.